The lowest BCUT2D eigenvalue weighted by atomic mass is 10.1. The van der Waals surface area contributed by atoms with E-state index in [4.69, 9.17) is 9.84 Å². The Kier molecular flexibility index (Phi) is 6.03. The summed E-state index contributed by atoms with van der Waals surface area (Å²) in [5.74, 6) is -0.627. The molecule has 2 N–H and O–H groups in total. The van der Waals surface area contributed by atoms with Gasteiger partial charge in [-0.15, -0.1) is 0 Å². The highest BCUT2D eigenvalue weighted by molar-refractivity contribution is 5.88. The number of hydrogen-bond acceptors (Lipinski definition) is 3. The molecule has 0 aliphatic rings. The Morgan fingerprint density at radius 1 is 1.40 bits per heavy atom. The average Bonchev–Trinajstić information content (AvgIpc) is 2.40. The topological polar surface area (TPSA) is 75.6 Å². The van der Waals surface area contributed by atoms with Crippen molar-refractivity contribution in [2.24, 2.45) is 0 Å². The van der Waals surface area contributed by atoms with Crippen LogP contribution in [0.25, 0.3) is 0 Å². The van der Waals surface area contributed by atoms with Crippen LogP contribution in [-0.4, -0.2) is 29.6 Å². The van der Waals surface area contributed by atoms with Crippen LogP contribution in [0.3, 0.4) is 0 Å². The molecule has 20 heavy (non-hydrogen) atoms. The summed E-state index contributed by atoms with van der Waals surface area (Å²) in [6.45, 7) is 6.12. The molecule has 0 aromatic heterocycles. The molecule has 1 rings (SSSR count). The van der Waals surface area contributed by atoms with Gasteiger partial charge in [-0.3, -0.25) is 4.79 Å². The van der Waals surface area contributed by atoms with E-state index in [0.717, 1.165) is 12.8 Å². The smallest absolute Gasteiger partial charge is 0.335 e. The molecule has 0 fully saturated rings. The van der Waals surface area contributed by atoms with Crippen LogP contribution in [0, 0.1) is 6.92 Å². The van der Waals surface area contributed by atoms with Gasteiger partial charge >= 0.3 is 5.97 Å². The lowest BCUT2D eigenvalue weighted by molar-refractivity contribution is -0.127. The molecule has 0 saturated carbocycles. The van der Waals surface area contributed by atoms with Gasteiger partial charge in [0, 0.05) is 6.54 Å². The fraction of sp³-hybridized carbons (Fsp3) is 0.467. The first-order valence-electron chi connectivity index (χ1n) is 6.74. The molecule has 0 heterocycles. The van der Waals surface area contributed by atoms with Gasteiger partial charge in [0.25, 0.3) is 5.91 Å². The minimum Gasteiger partial charge on any atom is -0.481 e. The van der Waals surface area contributed by atoms with Crippen molar-refractivity contribution >= 4 is 11.9 Å². The summed E-state index contributed by atoms with van der Waals surface area (Å²) in [5, 5.41) is 11.7. The summed E-state index contributed by atoms with van der Waals surface area (Å²) < 4.78 is 5.57. The minimum absolute atomic E-state index is 0.167. The van der Waals surface area contributed by atoms with Crippen LogP contribution in [0.2, 0.25) is 0 Å². The number of carboxylic acids is 1. The van der Waals surface area contributed by atoms with Crippen LogP contribution in [0.5, 0.6) is 5.75 Å². The number of amides is 1. The maximum Gasteiger partial charge on any atom is 0.335 e. The van der Waals surface area contributed by atoms with Gasteiger partial charge in [0.15, 0.2) is 6.10 Å². The fourth-order valence-corrected chi connectivity index (χ4v) is 1.69. The maximum atomic E-state index is 11.8. The Morgan fingerprint density at radius 3 is 2.65 bits per heavy atom. The molecule has 0 bridgehead atoms. The molecule has 1 amide bonds. The van der Waals surface area contributed by atoms with E-state index < -0.39 is 12.1 Å². The Balaban J connectivity index is 2.63. The molecule has 0 aliphatic heterocycles. The number of hydrogen-bond donors (Lipinski definition) is 2. The molecule has 0 radical (unpaired) electrons. The fourth-order valence-electron chi connectivity index (χ4n) is 1.69. The molecule has 1 aromatic rings. The number of aromatic carboxylic acids is 1. The predicted octanol–water partition coefficient (Wildman–Crippen LogP) is 2.38. The Hall–Kier alpha value is -2.04. The van der Waals surface area contributed by atoms with Crippen molar-refractivity contribution in [1.82, 2.24) is 5.32 Å². The summed E-state index contributed by atoms with van der Waals surface area (Å²) in [7, 11) is 0. The monoisotopic (exact) mass is 279 g/mol. The van der Waals surface area contributed by atoms with E-state index in [0.29, 0.717) is 17.9 Å². The van der Waals surface area contributed by atoms with E-state index in [9.17, 15) is 9.59 Å². The van der Waals surface area contributed by atoms with Crippen LogP contribution in [0.4, 0.5) is 0 Å². The quantitative estimate of drug-likeness (QED) is 0.751. The predicted molar refractivity (Wildman–Crippen MR) is 76.1 cm³/mol. The van der Waals surface area contributed by atoms with Gasteiger partial charge < -0.3 is 15.2 Å². The lowest BCUT2D eigenvalue weighted by Gasteiger charge is -2.16. The second-order valence-corrected chi connectivity index (χ2v) is 4.69. The molecule has 110 valence electrons. The number of carbonyl (C=O) groups is 2. The molecule has 1 aromatic carbocycles. The van der Waals surface area contributed by atoms with Crippen LogP contribution >= 0.6 is 0 Å². The van der Waals surface area contributed by atoms with Gasteiger partial charge in [0.2, 0.25) is 0 Å². The number of ether oxygens (including phenoxy) is 1. The van der Waals surface area contributed by atoms with Gasteiger partial charge in [0.1, 0.15) is 5.75 Å². The number of carbonyl (C=O) groups excluding carboxylic acids is 1. The summed E-state index contributed by atoms with van der Waals surface area (Å²) >= 11 is 0. The van der Waals surface area contributed by atoms with Crippen molar-refractivity contribution in [1.29, 1.82) is 0 Å². The van der Waals surface area contributed by atoms with Gasteiger partial charge in [-0.05, 0) is 44.0 Å². The number of benzene rings is 1. The Labute approximate surface area is 118 Å². The second-order valence-electron chi connectivity index (χ2n) is 4.69. The van der Waals surface area contributed by atoms with Crippen molar-refractivity contribution in [2.45, 2.75) is 39.7 Å². The third kappa shape index (κ3) is 4.57. The zero-order valence-corrected chi connectivity index (χ0v) is 12.1. The highest BCUT2D eigenvalue weighted by Gasteiger charge is 2.15. The van der Waals surface area contributed by atoms with Gasteiger partial charge in [0.05, 0.1) is 5.56 Å². The van der Waals surface area contributed by atoms with Crippen molar-refractivity contribution in [3.63, 3.8) is 0 Å². The zero-order chi connectivity index (χ0) is 15.1. The van der Waals surface area contributed by atoms with E-state index >= 15 is 0 Å². The van der Waals surface area contributed by atoms with E-state index in [-0.39, 0.29) is 11.5 Å². The molecule has 5 nitrogen and oxygen atoms in total. The normalized spacial score (nSPS) is 11.8. The number of unbranched alkanes of at least 4 members (excludes halogenated alkanes) is 1. The summed E-state index contributed by atoms with van der Waals surface area (Å²) in [6, 6.07) is 4.57. The highest BCUT2D eigenvalue weighted by Crippen LogP contribution is 2.20. The number of rotatable bonds is 7. The van der Waals surface area contributed by atoms with Crippen molar-refractivity contribution < 1.29 is 19.4 Å². The standard InChI is InChI=1S/C15H21NO4/c1-4-5-8-16-14(17)11(3)20-13-7-6-12(15(18)19)9-10(13)2/h6-7,9,11H,4-5,8H2,1-3H3,(H,16,17)(H,18,19). The molecular weight excluding hydrogens is 258 g/mol. The Bertz CT molecular complexity index is 485. The summed E-state index contributed by atoms with van der Waals surface area (Å²) in [6.07, 6.45) is 1.34. The lowest BCUT2D eigenvalue weighted by Crippen LogP contribution is -2.36. The van der Waals surface area contributed by atoms with Gasteiger partial charge in [-0.2, -0.15) is 0 Å². The van der Waals surface area contributed by atoms with Crippen molar-refractivity contribution in [3.8, 4) is 5.75 Å². The number of aryl methyl sites for hydroxylation is 1. The summed E-state index contributed by atoms with van der Waals surface area (Å²) in [5.41, 5.74) is 0.896. The molecular formula is C15H21NO4. The first-order chi connectivity index (χ1) is 9.45. The number of carboxylic acid groups (broad SMARTS) is 1. The number of nitrogens with one attached hydrogen (secondary N) is 1. The Morgan fingerprint density at radius 2 is 2.10 bits per heavy atom. The maximum absolute atomic E-state index is 11.8. The van der Waals surface area contributed by atoms with Crippen LogP contribution in [-0.2, 0) is 4.79 Å². The van der Waals surface area contributed by atoms with Crippen LogP contribution < -0.4 is 10.1 Å². The zero-order valence-electron chi connectivity index (χ0n) is 12.1. The average molecular weight is 279 g/mol. The third-order valence-corrected chi connectivity index (χ3v) is 2.92. The second kappa shape index (κ2) is 7.53. The summed E-state index contributed by atoms with van der Waals surface area (Å²) in [4.78, 5) is 22.6. The van der Waals surface area contributed by atoms with E-state index in [1.807, 2.05) is 0 Å². The van der Waals surface area contributed by atoms with Crippen LogP contribution in [0.1, 0.15) is 42.6 Å². The van der Waals surface area contributed by atoms with Crippen molar-refractivity contribution in [3.05, 3.63) is 29.3 Å². The first kappa shape index (κ1) is 16.0. The largest absolute Gasteiger partial charge is 0.481 e. The van der Waals surface area contributed by atoms with Gasteiger partial charge in [-0.25, -0.2) is 4.79 Å². The molecule has 0 spiro atoms. The van der Waals surface area contributed by atoms with E-state index in [1.165, 1.54) is 12.1 Å². The van der Waals surface area contributed by atoms with E-state index in [2.05, 4.69) is 12.2 Å². The molecule has 0 saturated heterocycles. The first-order valence-corrected chi connectivity index (χ1v) is 6.74. The molecule has 5 heteroatoms. The van der Waals surface area contributed by atoms with Crippen LogP contribution in [0.15, 0.2) is 18.2 Å². The van der Waals surface area contributed by atoms with Gasteiger partial charge in [-0.1, -0.05) is 13.3 Å². The molecule has 1 atom stereocenters. The molecule has 0 aliphatic carbocycles. The minimum atomic E-state index is -0.981. The third-order valence-electron chi connectivity index (χ3n) is 2.92. The highest BCUT2D eigenvalue weighted by atomic mass is 16.5. The SMILES string of the molecule is CCCCNC(=O)C(C)Oc1ccc(C(=O)O)cc1C. The van der Waals surface area contributed by atoms with E-state index in [1.54, 1.807) is 19.9 Å². The van der Waals surface area contributed by atoms with Crippen molar-refractivity contribution in [2.75, 3.05) is 6.54 Å². The molecule has 1 unspecified atom stereocenters.